The summed E-state index contributed by atoms with van der Waals surface area (Å²) in [5.74, 6) is -0.668. The van der Waals surface area contributed by atoms with E-state index in [9.17, 15) is 23.3 Å². The molecule has 3 aromatic rings. The van der Waals surface area contributed by atoms with Gasteiger partial charge in [-0.25, -0.2) is 9.97 Å². The van der Waals surface area contributed by atoms with Crippen LogP contribution in [-0.4, -0.2) is 21.3 Å². The van der Waals surface area contributed by atoms with Crippen molar-refractivity contribution in [3.63, 3.8) is 0 Å². The molecule has 0 spiro atoms. The molecule has 0 unspecified atom stereocenters. The molecule has 3 rings (SSSR count). The normalized spacial score (nSPS) is 11.1. The van der Waals surface area contributed by atoms with Crippen LogP contribution in [0.25, 0.3) is 0 Å². The van der Waals surface area contributed by atoms with Gasteiger partial charge in [0.25, 0.3) is 0 Å². The Hall–Kier alpha value is -3.60. The third-order valence-electron chi connectivity index (χ3n) is 3.79. The van der Waals surface area contributed by atoms with Crippen LogP contribution in [0.1, 0.15) is 5.56 Å². The van der Waals surface area contributed by atoms with E-state index in [0.717, 1.165) is 24.0 Å². The summed E-state index contributed by atoms with van der Waals surface area (Å²) in [6.45, 7) is 1.81. The van der Waals surface area contributed by atoms with Crippen LogP contribution < -0.4 is 15.4 Å². The Bertz CT molecular complexity index is 1080. The SMILES string of the molecule is Cc1ccc(Nc2ncnc(Nc3ccc(OC(F)(F)F)cc3)c2[N+](=O)[O-])cc1Cl. The molecule has 0 amide bonds. The minimum absolute atomic E-state index is 0.0885. The molecule has 1 heterocycles. The van der Waals surface area contributed by atoms with Gasteiger partial charge in [-0.05, 0) is 48.9 Å². The third-order valence-corrected chi connectivity index (χ3v) is 4.20. The van der Waals surface area contributed by atoms with Gasteiger partial charge >= 0.3 is 12.0 Å². The van der Waals surface area contributed by atoms with Crippen LogP contribution in [0, 0.1) is 17.0 Å². The molecule has 0 aliphatic carbocycles. The van der Waals surface area contributed by atoms with Gasteiger partial charge in [0.15, 0.2) is 0 Å². The monoisotopic (exact) mass is 439 g/mol. The van der Waals surface area contributed by atoms with E-state index in [1.54, 1.807) is 18.2 Å². The number of nitrogens with one attached hydrogen (secondary N) is 2. The quantitative estimate of drug-likeness (QED) is 0.373. The number of ether oxygens (including phenoxy) is 1. The summed E-state index contributed by atoms with van der Waals surface area (Å²) in [5, 5.41) is 17.6. The third kappa shape index (κ3) is 5.26. The highest BCUT2D eigenvalue weighted by Crippen LogP contribution is 2.34. The number of rotatable bonds is 6. The van der Waals surface area contributed by atoms with Gasteiger partial charge in [-0.2, -0.15) is 0 Å². The van der Waals surface area contributed by atoms with Crippen molar-refractivity contribution in [3.05, 3.63) is 69.5 Å². The Balaban J connectivity index is 1.87. The van der Waals surface area contributed by atoms with E-state index in [1.165, 1.54) is 12.1 Å². The predicted molar refractivity (Wildman–Crippen MR) is 105 cm³/mol. The molecule has 30 heavy (non-hydrogen) atoms. The van der Waals surface area contributed by atoms with E-state index in [4.69, 9.17) is 11.6 Å². The summed E-state index contributed by atoms with van der Waals surface area (Å²) in [5.41, 5.74) is 1.12. The minimum Gasteiger partial charge on any atom is -0.406 e. The molecule has 0 atom stereocenters. The molecular formula is C18H13ClF3N5O3. The van der Waals surface area contributed by atoms with Crippen LogP contribution in [0.4, 0.5) is 41.9 Å². The number of hydrogen-bond donors (Lipinski definition) is 2. The molecule has 8 nitrogen and oxygen atoms in total. The number of aryl methyl sites for hydroxylation is 1. The molecule has 156 valence electrons. The van der Waals surface area contributed by atoms with Crippen molar-refractivity contribution in [3.8, 4) is 5.75 Å². The van der Waals surface area contributed by atoms with Crippen molar-refractivity contribution >= 4 is 40.3 Å². The van der Waals surface area contributed by atoms with Gasteiger partial charge < -0.3 is 15.4 Å². The highest BCUT2D eigenvalue weighted by Gasteiger charge is 2.31. The zero-order valence-corrected chi connectivity index (χ0v) is 16.0. The van der Waals surface area contributed by atoms with Crippen molar-refractivity contribution in [2.24, 2.45) is 0 Å². The number of nitrogens with zero attached hydrogens (tertiary/aromatic N) is 3. The van der Waals surface area contributed by atoms with E-state index in [2.05, 4.69) is 25.3 Å². The fourth-order valence-electron chi connectivity index (χ4n) is 2.42. The average Bonchev–Trinajstić information content (AvgIpc) is 2.65. The maximum Gasteiger partial charge on any atom is 0.573 e. The van der Waals surface area contributed by atoms with E-state index >= 15 is 0 Å². The molecule has 0 saturated heterocycles. The lowest BCUT2D eigenvalue weighted by Gasteiger charge is -2.12. The second kappa shape index (κ2) is 8.41. The molecule has 12 heteroatoms. The van der Waals surface area contributed by atoms with Crippen molar-refractivity contribution in [1.29, 1.82) is 0 Å². The molecule has 0 radical (unpaired) electrons. The molecule has 2 N–H and O–H groups in total. The standard InChI is InChI=1S/C18H13ClF3N5O3/c1-10-2-3-12(8-14(10)19)26-17-15(27(28)29)16(23-9-24-17)25-11-4-6-13(7-5-11)30-18(20,21)22/h2-9H,1H3,(H2,23,24,25,26). The number of halogens is 4. The van der Waals surface area contributed by atoms with Crippen LogP contribution >= 0.6 is 11.6 Å². The topological polar surface area (TPSA) is 102 Å². The summed E-state index contributed by atoms with van der Waals surface area (Å²) in [4.78, 5) is 18.7. The summed E-state index contributed by atoms with van der Waals surface area (Å²) in [6.07, 6.45) is -3.71. The lowest BCUT2D eigenvalue weighted by molar-refractivity contribution is -0.383. The van der Waals surface area contributed by atoms with Gasteiger partial charge in [-0.1, -0.05) is 17.7 Å². The molecular weight excluding hydrogens is 427 g/mol. The zero-order valence-electron chi connectivity index (χ0n) is 15.2. The van der Waals surface area contributed by atoms with Gasteiger partial charge in [-0.3, -0.25) is 10.1 Å². The van der Waals surface area contributed by atoms with Crippen LogP contribution in [0.2, 0.25) is 5.02 Å². The molecule has 0 fully saturated rings. The molecule has 2 aromatic carbocycles. The van der Waals surface area contributed by atoms with Gasteiger partial charge in [-0.15, -0.1) is 13.2 Å². The first kappa shape index (κ1) is 21.1. The van der Waals surface area contributed by atoms with Gasteiger partial charge in [0.2, 0.25) is 11.6 Å². The Morgan fingerprint density at radius 1 is 1.03 bits per heavy atom. The Morgan fingerprint density at radius 2 is 1.60 bits per heavy atom. The number of hydrogen-bond acceptors (Lipinski definition) is 7. The Morgan fingerprint density at radius 3 is 2.13 bits per heavy atom. The van der Waals surface area contributed by atoms with Gasteiger partial charge in [0, 0.05) is 16.4 Å². The number of aromatic nitrogens is 2. The second-order valence-electron chi connectivity index (χ2n) is 5.96. The van der Waals surface area contributed by atoms with E-state index in [0.29, 0.717) is 10.7 Å². The highest BCUT2D eigenvalue weighted by molar-refractivity contribution is 6.31. The smallest absolute Gasteiger partial charge is 0.406 e. The summed E-state index contributed by atoms with van der Waals surface area (Å²) in [7, 11) is 0. The van der Waals surface area contributed by atoms with Crippen LogP contribution in [0.15, 0.2) is 48.8 Å². The van der Waals surface area contributed by atoms with Crippen molar-refractivity contribution < 1.29 is 22.8 Å². The summed E-state index contributed by atoms with van der Waals surface area (Å²) >= 11 is 6.07. The molecule has 0 aliphatic heterocycles. The first-order valence-electron chi connectivity index (χ1n) is 8.28. The van der Waals surface area contributed by atoms with Crippen molar-refractivity contribution in [1.82, 2.24) is 9.97 Å². The lowest BCUT2D eigenvalue weighted by Crippen LogP contribution is -2.17. The van der Waals surface area contributed by atoms with E-state index < -0.39 is 22.7 Å². The first-order valence-corrected chi connectivity index (χ1v) is 8.65. The molecule has 1 aromatic heterocycles. The summed E-state index contributed by atoms with van der Waals surface area (Å²) < 4.78 is 40.6. The highest BCUT2D eigenvalue weighted by atomic mass is 35.5. The lowest BCUT2D eigenvalue weighted by atomic mass is 10.2. The maximum absolute atomic E-state index is 12.3. The zero-order chi connectivity index (χ0) is 21.9. The van der Waals surface area contributed by atoms with Crippen LogP contribution in [-0.2, 0) is 0 Å². The van der Waals surface area contributed by atoms with E-state index in [1.807, 2.05) is 6.92 Å². The average molecular weight is 440 g/mol. The predicted octanol–water partition coefficient (Wildman–Crippen LogP) is 5.73. The number of benzene rings is 2. The molecule has 0 saturated carbocycles. The van der Waals surface area contributed by atoms with Crippen LogP contribution in [0.3, 0.4) is 0 Å². The maximum atomic E-state index is 12.3. The fraction of sp³-hybridized carbons (Fsp3) is 0.111. The number of anilines is 4. The fourth-order valence-corrected chi connectivity index (χ4v) is 2.60. The van der Waals surface area contributed by atoms with Gasteiger partial charge in [0.05, 0.1) is 4.92 Å². The second-order valence-corrected chi connectivity index (χ2v) is 6.37. The Kier molecular flexibility index (Phi) is 5.92. The first-order chi connectivity index (χ1) is 14.1. The molecule has 0 bridgehead atoms. The summed E-state index contributed by atoms with van der Waals surface area (Å²) in [6, 6.07) is 9.67. The van der Waals surface area contributed by atoms with E-state index in [-0.39, 0.29) is 17.3 Å². The van der Waals surface area contributed by atoms with Crippen molar-refractivity contribution in [2.45, 2.75) is 13.3 Å². The molecule has 0 aliphatic rings. The number of nitro groups is 1. The number of alkyl halides is 3. The van der Waals surface area contributed by atoms with Crippen molar-refractivity contribution in [2.75, 3.05) is 10.6 Å². The van der Waals surface area contributed by atoms with Gasteiger partial charge in [0.1, 0.15) is 12.1 Å². The largest absolute Gasteiger partial charge is 0.573 e. The minimum atomic E-state index is -4.82. The van der Waals surface area contributed by atoms with Crippen LogP contribution in [0.5, 0.6) is 5.75 Å². The Labute approximate surface area is 172 Å².